The third-order valence-electron chi connectivity index (χ3n) is 3.89. The number of amides is 1. The van der Waals surface area contributed by atoms with Gasteiger partial charge in [0.1, 0.15) is 0 Å². The summed E-state index contributed by atoms with van der Waals surface area (Å²) in [5.74, 6) is 0.612. The van der Waals surface area contributed by atoms with Crippen LogP contribution in [0.3, 0.4) is 0 Å². The molecule has 2 N–H and O–H groups in total. The van der Waals surface area contributed by atoms with Gasteiger partial charge in [0.2, 0.25) is 5.91 Å². The second-order valence-corrected chi connectivity index (χ2v) is 5.81. The summed E-state index contributed by atoms with van der Waals surface area (Å²) in [6.45, 7) is 1.52. The van der Waals surface area contributed by atoms with Gasteiger partial charge in [-0.3, -0.25) is 19.8 Å². The number of aromatic nitrogens is 2. The first-order valence-electron chi connectivity index (χ1n) is 8.67. The average molecular weight is 354 g/mol. The van der Waals surface area contributed by atoms with E-state index in [1.165, 1.54) is 0 Å². The number of pyridine rings is 2. The van der Waals surface area contributed by atoms with E-state index in [1.807, 2.05) is 36.4 Å². The zero-order valence-electron chi connectivity index (χ0n) is 15.4. The summed E-state index contributed by atoms with van der Waals surface area (Å²) in [5, 5.41) is 6.23. The van der Waals surface area contributed by atoms with Crippen molar-refractivity contribution >= 4 is 11.9 Å². The Morgan fingerprint density at radius 3 is 2.27 bits per heavy atom. The molecule has 2 heterocycles. The molecule has 0 saturated carbocycles. The van der Waals surface area contributed by atoms with E-state index in [0.29, 0.717) is 19.0 Å². The van der Waals surface area contributed by atoms with Gasteiger partial charge in [-0.05, 0) is 24.3 Å². The highest BCUT2D eigenvalue weighted by Crippen LogP contribution is 1.97. The van der Waals surface area contributed by atoms with E-state index in [2.05, 4.69) is 25.6 Å². The lowest BCUT2D eigenvalue weighted by atomic mass is 10.2. The Hall–Kier alpha value is -2.96. The van der Waals surface area contributed by atoms with Crippen LogP contribution in [-0.2, 0) is 17.6 Å². The Balaban J connectivity index is 1.67. The summed E-state index contributed by atoms with van der Waals surface area (Å²) in [6, 6.07) is 11.6. The Morgan fingerprint density at radius 2 is 1.69 bits per heavy atom. The van der Waals surface area contributed by atoms with Gasteiger partial charge in [0.05, 0.1) is 6.54 Å². The topological polar surface area (TPSA) is 82.5 Å². The lowest BCUT2D eigenvalue weighted by Crippen LogP contribution is -2.44. The van der Waals surface area contributed by atoms with E-state index in [1.54, 1.807) is 31.4 Å². The van der Waals surface area contributed by atoms with Gasteiger partial charge in [0, 0.05) is 63.8 Å². The van der Waals surface area contributed by atoms with Crippen molar-refractivity contribution in [2.24, 2.45) is 4.99 Å². The predicted molar refractivity (Wildman–Crippen MR) is 103 cm³/mol. The third kappa shape index (κ3) is 6.88. The summed E-state index contributed by atoms with van der Waals surface area (Å²) < 4.78 is 0. The normalized spacial score (nSPS) is 11.1. The van der Waals surface area contributed by atoms with Crippen LogP contribution in [-0.4, -0.2) is 60.5 Å². The van der Waals surface area contributed by atoms with Crippen molar-refractivity contribution in [3.8, 4) is 0 Å². The molecule has 2 rings (SSSR count). The van der Waals surface area contributed by atoms with Crippen LogP contribution in [0.1, 0.15) is 11.4 Å². The van der Waals surface area contributed by atoms with E-state index >= 15 is 0 Å². The zero-order valence-corrected chi connectivity index (χ0v) is 15.4. The molecule has 0 radical (unpaired) electrons. The fraction of sp³-hybridized carbons (Fsp3) is 0.368. The minimum Gasteiger partial charge on any atom is -0.356 e. The molecule has 0 atom stereocenters. The summed E-state index contributed by atoms with van der Waals surface area (Å²) in [6.07, 6.45) is 5.07. The van der Waals surface area contributed by atoms with Crippen molar-refractivity contribution in [1.29, 1.82) is 0 Å². The van der Waals surface area contributed by atoms with Crippen molar-refractivity contribution in [1.82, 2.24) is 25.5 Å². The van der Waals surface area contributed by atoms with Crippen LogP contribution in [0.15, 0.2) is 53.8 Å². The molecule has 0 aliphatic carbocycles. The van der Waals surface area contributed by atoms with E-state index in [9.17, 15) is 4.79 Å². The summed E-state index contributed by atoms with van der Waals surface area (Å²) >= 11 is 0. The quantitative estimate of drug-likeness (QED) is 0.543. The van der Waals surface area contributed by atoms with Crippen molar-refractivity contribution < 1.29 is 4.79 Å². The van der Waals surface area contributed by atoms with Gasteiger partial charge < -0.3 is 15.5 Å². The molecule has 0 aromatic carbocycles. The number of guanidine groups is 1. The smallest absolute Gasteiger partial charge is 0.241 e. The zero-order chi connectivity index (χ0) is 18.6. The fourth-order valence-electron chi connectivity index (χ4n) is 2.32. The molecular weight excluding hydrogens is 328 g/mol. The molecular formula is C19H26N6O. The SMILES string of the molecule is CN=C(NCCc1ccccn1)NCC(=O)N(C)CCc1ccccn1. The van der Waals surface area contributed by atoms with Gasteiger partial charge in [0.25, 0.3) is 0 Å². The largest absolute Gasteiger partial charge is 0.356 e. The van der Waals surface area contributed by atoms with Crippen LogP contribution in [0.4, 0.5) is 0 Å². The maximum absolute atomic E-state index is 12.2. The van der Waals surface area contributed by atoms with Gasteiger partial charge in [-0.25, -0.2) is 0 Å². The Kier molecular flexibility index (Phi) is 8.05. The Morgan fingerprint density at radius 1 is 1.04 bits per heavy atom. The summed E-state index contributed by atoms with van der Waals surface area (Å²) in [4.78, 5) is 26.6. The molecule has 1 amide bonds. The molecule has 0 fully saturated rings. The van der Waals surface area contributed by atoms with E-state index in [0.717, 1.165) is 24.2 Å². The molecule has 0 bridgehead atoms. The molecule has 0 spiro atoms. The lowest BCUT2D eigenvalue weighted by molar-refractivity contribution is -0.128. The first kappa shape index (κ1) is 19.4. The lowest BCUT2D eigenvalue weighted by Gasteiger charge is -2.18. The number of nitrogens with zero attached hydrogens (tertiary/aromatic N) is 4. The van der Waals surface area contributed by atoms with Gasteiger partial charge in [-0.2, -0.15) is 0 Å². The molecule has 138 valence electrons. The molecule has 2 aromatic rings. The number of hydrogen-bond donors (Lipinski definition) is 2. The van der Waals surface area contributed by atoms with E-state index in [-0.39, 0.29) is 12.5 Å². The number of carbonyl (C=O) groups excluding carboxylic acids is 1. The van der Waals surface area contributed by atoms with Gasteiger partial charge >= 0.3 is 0 Å². The van der Waals surface area contributed by atoms with E-state index in [4.69, 9.17) is 0 Å². The second kappa shape index (κ2) is 10.8. The number of likely N-dealkylation sites (N-methyl/N-ethyl adjacent to an activating group) is 1. The number of hydrogen-bond acceptors (Lipinski definition) is 4. The van der Waals surface area contributed by atoms with Crippen LogP contribution < -0.4 is 10.6 Å². The number of rotatable bonds is 8. The van der Waals surface area contributed by atoms with Crippen molar-refractivity contribution in [3.05, 3.63) is 60.2 Å². The Labute approximate surface area is 154 Å². The highest BCUT2D eigenvalue weighted by atomic mass is 16.2. The van der Waals surface area contributed by atoms with E-state index < -0.39 is 0 Å². The molecule has 7 nitrogen and oxygen atoms in total. The van der Waals surface area contributed by atoms with Gasteiger partial charge in [-0.1, -0.05) is 12.1 Å². The monoisotopic (exact) mass is 354 g/mol. The molecule has 0 unspecified atom stereocenters. The molecule has 26 heavy (non-hydrogen) atoms. The van der Waals surface area contributed by atoms with Crippen molar-refractivity contribution in [3.63, 3.8) is 0 Å². The maximum atomic E-state index is 12.2. The number of nitrogens with one attached hydrogen (secondary N) is 2. The summed E-state index contributed by atoms with van der Waals surface area (Å²) in [5.41, 5.74) is 1.99. The summed E-state index contributed by atoms with van der Waals surface area (Å²) in [7, 11) is 3.48. The van der Waals surface area contributed by atoms with Crippen LogP contribution in [0, 0.1) is 0 Å². The minimum absolute atomic E-state index is 0.00797. The molecule has 0 saturated heterocycles. The van der Waals surface area contributed by atoms with Crippen LogP contribution in [0.25, 0.3) is 0 Å². The average Bonchev–Trinajstić information content (AvgIpc) is 2.70. The first-order valence-corrected chi connectivity index (χ1v) is 8.67. The fourth-order valence-corrected chi connectivity index (χ4v) is 2.32. The highest BCUT2D eigenvalue weighted by Gasteiger charge is 2.09. The van der Waals surface area contributed by atoms with Crippen LogP contribution in [0.5, 0.6) is 0 Å². The highest BCUT2D eigenvalue weighted by molar-refractivity contribution is 5.86. The standard InChI is InChI=1S/C19H26N6O/c1-20-19(23-13-9-16-7-3-5-11-21-16)24-15-18(26)25(2)14-10-17-8-4-6-12-22-17/h3-8,11-12H,9-10,13-15H2,1-2H3,(H2,20,23,24). The first-order chi connectivity index (χ1) is 12.7. The Bertz CT molecular complexity index is 690. The predicted octanol–water partition coefficient (Wildman–Crippen LogP) is 0.885. The number of carbonyl (C=O) groups is 1. The maximum Gasteiger partial charge on any atom is 0.241 e. The second-order valence-electron chi connectivity index (χ2n) is 5.81. The molecule has 2 aromatic heterocycles. The van der Waals surface area contributed by atoms with Crippen LogP contribution in [0.2, 0.25) is 0 Å². The van der Waals surface area contributed by atoms with Crippen LogP contribution >= 0.6 is 0 Å². The molecule has 0 aliphatic rings. The van der Waals surface area contributed by atoms with Gasteiger partial charge in [0.15, 0.2) is 5.96 Å². The molecule has 7 heteroatoms. The van der Waals surface area contributed by atoms with Crippen molar-refractivity contribution in [2.75, 3.05) is 33.7 Å². The van der Waals surface area contributed by atoms with Gasteiger partial charge in [-0.15, -0.1) is 0 Å². The van der Waals surface area contributed by atoms with Crippen molar-refractivity contribution in [2.45, 2.75) is 12.8 Å². The molecule has 0 aliphatic heterocycles. The third-order valence-corrected chi connectivity index (χ3v) is 3.89. The number of aliphatic imine (C=N–C) groups is 1. The minimum atomic E-state index is 0.00797.